The molecule has 0 saturated carbocycles. The highest BCUT2D eigenvalue weighted by Gasteiger charge is 2.12. The Hall–Kier alpha value is -0.960. The fourth-order valence-electron chi connectivity index (χ4n) is 1.14. The molecule has 0 unspecified atom stereocenters. The second-order valence-corrected chi connectivity index (χ2v) is 5.37. The number of anilines is 1. The molecule has 4 heteroatoms. The van der Waals surface area contributed by atoms with E-state index in [1.54, 1.807) is 0 Å². The molecule has 0 bridgehead atoms. The maximum absolute atomic E-state index is 13.0. The molecule has 0 spiro atoms. The van der Waals surface area contributed by atoms with Crippen molar-refractivity contribution in [1.29, 1.82) is 0 Å². The summed E-state index contributed by atoms with van der Waals surface area (Å²) in [5.41, 5.74) is 6.08. The Morgan fingerprint density at radius 3 is 2.56 bits per heavy atom. The minimum Gasteiger partial charge on any atom is -0.491 e. The Labute approximate surface area is 101 Å². The number of rotatable bonds is 3. The van der Waals surface area contributed by atoms with Crippen LogP contribution in [0.5, 0.6) is 5.75 Å². The van der Waals surface area contributed by atoms with Crippen molar-refractivity contribution in [3.8, 4) is 5.75 Å². The highest BCUT2D eigenvalue weighted by atomic mass is 35.5. The van der Waals surface area contributed by atoms with Gasteiger partial charge in [0.05, 0.1) is 17.3 Å². The zero-order valence-corrected chi connectivity index (χ0v) is 10.6. The van der Waals surface area contributed by atoms with Gasteiger partial charge in [0.1, 0.15) is 11.6 Å². The molecule has 0 aliphatic rings. The summed E-state index contributed by atoms with van der Waals surface area (Å²) in [6.45, 7) is 6.90. The molecule has 1 aromatic carbocycles. The molecule has 0 amide bonds. The van der Waals surface area contributed by atoms with Gasteiger partial charge in [0, 0.05) is 12.1 Å². The first kappa shape index (κ1) is 13.1. The van der Waals surface area contributed by atoms with E-state index in [0.29, 0.717) is 12.4 Å². The molecule has 0 radical (unpaired) electrons. The van der Waals surface area contributed by atoms with E-state index in [9.17, 15) is 4.39 Å². The predicted octanol–water partition coefficient (Wildman–Crippen LogP) is 3.88. The number of benzene rings is 1. The lowest BCUT2D eigenvalue weighted by atomic mass is 9.93. The average Bonchev–Trinajstić information content (AvgIpc) is 2.11. The number of ether oxygens (including phenoxy) is 1. The van der Waals surface area contributed by atoms with E-state index >= 15 is 0 Å². The zero-order valence-electron chi connectivity index (χ0n) is 9.81. The Balaban J connectivity index is 2.64. The summed E-state index contributed by atoms with van der Waals surface area (Å²) in [7, 11) is 0. The van der Waals surface area contributed by atoms with Crippen molar-refractivity contribution in [3.63, 3.8) is 0 Å². The monoisotopic (exact) mass is 245 g/mol. The first-order chi connectivity index (χ1) is 7.29. The minimum absolute atomic E-state index is 0.0277. The molecule has 0 atom stereocenters. The summed E-state index contributed by atoms with van der Waals surface area (Å²) in [6.07, 6.45) is 0.890. The van der Waals surface area contributed by atoms with Gasteiger partial charge in [-0.25, -0.2) is 4.39 Å². The zero-order chi connectivity index (χ0) is 12.3. The Bertz CT molecular complexity index is 374. The fourth-order valence-corrected chi connectivity index (χ4v) is 1.29. The van der Waals surface area contributed by atoms with Gasteiger partial charge in [-0.15, -0.1) is 0 Å². The molecule has 16 heavy (non-hydrogen) atoms. The van der Waals surface area contributed by atoms with Crippen LogP contribution < -0.4 is 10.5 Å². The summed E-state index contributed by atoms with van der Waals surface area (Å²) < 4.78 is 18.5. The summed E-state index contributed by atoms with van der Waals surface area (Å²) in [6, 6.07) is 2.59. The Morgan fingerprint density at radius 1 is 1.38 bits per heavy atom. The quantitative estimate of drug-likeness (QED) is 0.821. The van der Waals surface area contributed by atoms with Crippen LogP contribution in [-0.4, -0.2) is 6.61 Å². The van der Waals surface area contributed by atoms with Gasteiger partial charge in [0.2, 0.25) is 0 Å². The highest BCUT2D eigenvalue weighted by Crippen LogP contribution is 2.29. The summed E-state index contributed by atoms with van der Waals surface area (Å²) in [4.78, 5) is 0. The predicted molar refractivity (Wildman–Crippen MR) is 65.4 cm³/mol. The highest BCUT2D eigenvalue weighted by molar-refractivity contribution is 6.31. The Morgan fingerprint density at radius 2 is 2.00 bits per heavy atom. The van der Waals surface area contributed by atoms with E-state index < -0.39 is 5.82 Å². The molecule has 0 heterocycles. The first-order valence-corrected chi connectivity index (χ1v) is 5.55. The van der Waals surface area contributed by atoms with E-state index in [0.717, 1.165) is 6.42 Å². The molecule has 1 aromatic rings. The normalized spacial score (nSPS) is 11.6. The van der Waals surface area contributed by atoms with Gasteiger partial charge in [0.15, 0.2) is 0 Å². The van der Waals surface area contributed by atoms with Gasteiger partial charge in [-0.2, -0.15) is 0 Å². The molecule has 0 aliphatic carbocycles. The van der Waals surface area contributed by atoms with Crippen molar-refractivity contribution < 1.29 is 9.13 Å². The largest absolute Gasteiger partial charge is 0.491 e. The SMILES string of the molecule is CC(C)(C)CCOc1cc(Cl)c(F)cc1N. The lowest BCUT2D eigenvalue weighted by molar-refractivity contribution is 0.244. The van der Waals surface area contributed by atoms with Gasteiger partial charge < -0.3 is 10.5 Å². The van der Waals surface area contributed by atoms with Crippen LogP contribution in [0.25, 0.3) is 0 Å². The summed E-state index contributed by atoms with van der Waals surface area (Å²) in [5, 5.41) is 0.0277. The smallest absolute Gasteiger partial charge is 0.144 e. The van der Waals surface area contributed by atoms with Crippen LogP contribution in [0.4, 0.5) is 10.1 Å². The standard InChI is InChI=1S/C12H17ClFNO/c1-12(2,3)4-5-16-11-6-8(13)9(14)7-10(11)15/h6-7H,4-5,15H2,1-3H3. The molecule has 90 valence electrons. The molecule has 0 fully saturated rings. The third-order valence-electron chi connectivity index (χ3n) is 2.16. The topological polar surface area (TPSA) is 35.2 Å². The van der Waals surface area contributed by atoms with Gasteiger partial charge in [0.25, 0.3) is 0 Å². The van der Waals surface area contributed by atoms with E-state index in [-0.39, 0.29) is 16.1 Å². The van der Waals surface area contributed by atoms with Crippen LogP contribution in [0.15, 0.2) is 12.1 Å². The molecular weight excluding hydrogens is 229 g/mol. The average molecular weight is 246 g/mol. The third kappa shape index (κ3) is 3.89. The number of hydrogen-bond donors (Lipinski definition) is 1. The second-order valence-electron chi connectivity index (χ2n) is 4.96. The van der Waals surface area contributed by atoms with Crippen molar-refractivity contribution in [3.05, 3.63) is 23.0 Å². The van der Waals surface area contributed by atoms with Crippen LogP contribution in [0.1, 0.15) is 27.2 Å². The number of halogens is 2. The van der Waals surface area contributed by atoms with E-state index in [1.165, 1.54) is 12.1 Å². The van der Waals surface area contributed by atoms with E-state index in [1.807, 2.05) is 0 Å². The molecule has 1 rings (SSSR count). The number of nitrogens with two attached hydrogens (primary N) is 1. The van der Waals surface area contributed by atoms with Crippen molar-refractivity contribution >= 4 is 17.3 Å². The van der Waals surface area contributed by atoms with E-state index in [2.05, 4.69) is 20.8 Å². The van der Waals surface area contributed by atoms with Gasteiger partial charge >= 0.3 is 0 Å². The van der Waals surface area contributed by atoms with Crippen molar-refractivity contribution in [1.82, 2.24) is 0 Å². The van der Waals surface area contributed by atoms with Gasteiger partial charge in [-0.3, -0.25) is 0 Å². The van der Waals surface area contributed by atoms with Crippen LogP contribution in [0.3, 0.4) is 0 Å². The third-order valence-corrected chi connectivity index (χ3v) is 2.45. The maximum Gasteiger partial charge on any atom is 0.144 e. The molecule has 2 nitrogen and oxygen atoms in total. The second kappa shape index (κ2) is 4.91. The number of hydrogen-bond acceptors (Lipinski definition) is 2. The molecule has 0 aliphatic heterocycles. The lowest BCUT2D eigenvalue weighted by Crippen LogP contribution is -2.11. The van der Waals surface area contributed by atoms with Crippen molar-refractivity contribution in [2.75, 3.05) is 12.3 Å². The van der Waals surface area contributed by atoms with Crippen LogP contribution in [0.2, 0.25) is 5.02 Å². The molecule has 2 N–H and O–H groups in total. The maximum atomic E-state index is 13.0. The van der Waals surface area contributed by atoms with Crippen molar-refractivity contribution in [2.45, 2.75) is 27.2 Å². The molecule has 0 saturated heterocycles. The minimum atomic E-state index is -0.526. The van der Waals surface area contributed by atoms with Crippen LogP contribution >= 0.6 is 11.6 Å². The van der Waals surface area contributed by atoms with Crippen molar-refractivity contribution in [2.24, 2.45) is 5.41 Å². The first-order valence-electron chi connectivity index (χ1n) is 5.17. The Kier molecular flexibility index (Phi) is 4.03. The van der Waals surface area contributed by atoms with Crippen LogP contribution in [-0.2, 0) is 0 Å². The summed E-state index contributed by atoms with van der Waals surface area (Å²) >= 11 is 5.64. The van der Waals surface area contributed by atoms with Crippen LogP contribution in [0, 0.1) is 11.2 Å². The van der Waals surface area contributed by atoms with Gasteiger partial charge in [-0.1, -0.05) is 32.4 Å². The van der Waals surface area contributed by atoms with Gasteiger partial charge in [-0.05, 0) is 11.8 Å². The number of nitrogen functional groups attached to an aromatic ring is 1. The summed E-state index contributed by atoms with van der Waals surface area (Å²) in [5.74, 6) is -0.0852. The lowest BCUT2D eigenvalue weighted by Gasteiger charge is -2.18. The molecule has 0 aromatic heterocycles. The molecular formula is C12H17ClFNO. The van der Waals surface area contributed by atoms with E-state index in [4.69, 9.17) is 22.1 Å². The fraction of sp³-hybridized carbons (Fsp3) is 0.500.